The molecule has 0 saturated carbocycles. The van der Waals surface area contributed by atoms with E-state index in [-0.39, 0.29) is 0 Å². The molecule has 1 N–H and O–H groups in total. The maximum absolute atomic E-state index is 10.3. The van der Waals surface area contributed by atoms with E-state index >= 15 is 0 Å². The Bertz CT molecular complexity index is 496. The van der Waals surface area contributed by atoms with Gasteiger partial charge in [-0.2, -0.15) is 4.37 Å². The summed E-state index contributed by atoms with van der Waals surface area (Å²) in [6, 6.07) is 9.45. The first-order chi connectivity index (χ1) is 8.22. The fourth-order valence-corrected chi connectivity index (χ4v) is 2.41. The number of aliphatic hydroxyl groups is 1. The van der Waals surface area contributed by atoms with Crippen LogP contribution in [0.4, 0.5) is 0 Å². The summed E-state index contributed by atoms with van der Waals surface area (Å²) in [7, 11) is 0. The van der Waals surface area contributed by atoms with Crippen molar-refractivity contribution in [2.75, 3.05) is 6.61 Å². The third kappa shape index (κ3) is 2.65. The Hall–Kier alpha value is -1.39. The number of ether oxygens (including phenoxy) is 1. The highest BCUT2D eigenvalue weighted by molar-refractivity contribution is 7.05. The molecular formula is C13H15NO2S. The van der Waals surface area contributed by atoms with Crippen LogP contribution in [0.1, 0.15) is 29.2 Å². The number of rotatable bonds is 4. The van der Waals surface area contributed by atoms with Crippen LogP contribution in [0.5, 0.6) is 5.75 Å². The van der Waals surface area contributed by atoms with Crippen molar-refractivity contribution in [1.29, 1.82) is 0 Å². The zero-order valence-corrected chi connectivity index (χ0v) is 10.7. The van der Waals surface area contributed by atoms with E-state index in [9.17, 15) is 5.11 Å². The van der Waals surface area contributed by atoms with Gasteiger partial charge in [0, 0.05) is 5.56 Å². The van der Waals surface area contributed by atoms with E-state index in [1.165, 1.54) is 11.5 Å². The molecule has 1 aromatic carbocycles. The van der Waals surface area contributed by atoms with E-state index in [1.54, 1.807) is 0 Å². The Morgan fingerprint density at radius 2 is 2.18 bits per heavy atom. The maximum Gasteiger partial charge on any atom is 0.125 e. The fraction of sp³-hybridized carbons (Fsp3) is 0.308. The topological polar surface area (TPSA) is 42.4 Å². The molecule has 1 heterocycles. The highest BCUT2D eigenvalue weighted by atomic mass is 32.1. The number of para-hydroxylation sites is 1. The summed E-state index contributed by atoms with van der Waals surface area (Å²) in [6.45, 7) is 4.44. The summed E-state index contributed by atoms with van der Waals surface area (Å²) >= 11 is 1.32. The van der Waals surface area contributed by atoms with Crippen LogP contribution in [0.2, 0.25) is 0 Å². The number of benzene rings is 1. The van der Waals surface area contributed by atoms with Crippen molar-refractivity contribution in [3.05, 3.63) is 46.5 Å². The molecule has 0 aliphatic heterocycles. The summed E-state index contributed by atoms with van der Waals surface area (Å²) in [4.78, 5) is 0.842. The molecule has 0 saturated heterocycles. The van der Waals surface area contributed by atoms with Gasteiger partial charge >= 0.3 is 0 Å². The van der Waals surface area contributed by atoms with E-state index < -0.39 is 6.10 Å². The van der Waals surface area contributed by atoms with Gasteiger partial charge in [0.1, 0.15) is 11.9 Å². The van der Waals surface area contributed by atoms with Crippen molar-refractivity contribution >= 4 is 11.5 Å². The van der Waals surface area contributed by atoms with E-state index in [4.69, 9.17) is 4.74 Å². The van der Waals surface area contributed by atoms with E-state index in [0.717, 1.165) is 21.9 Å². The standard InChI is InChI=1S/C13H15NO2S/c1-3-16-11-7-5-4-6-10(11)13(15)12-8-9(2)14-17-12/h4-8,13,15H,3H2,1-2H3/t13-/m1/s1. The number of aryl methyl sites for hydroxylation is 1. The van der Waals surface area contributed by atoms with Gasteiger partial charge in [0.05, 0.1) is 17.2 Å². The van der Waals surface area contributed by atoms with Crippen LogP contribution in [0.3, 0.4) is 0 Å². The largest absolute Gasteiger partial charge is 0.493 e. The third-order valence-electron chi connectivity index (χ3n) is 2.43. The molecule has 2 rings (SSSR count). The van der Waals surface area contributed by atoms with Crippen molar-refractivity contribution in [2.45, 2.75) is 20.0 Å². The fourth-order valence-electron chi connectivity index (χ4n) is 1.66. The lowest BCUT2D eigenvalue weighted by Crippen LogP contribution is -2.02. The lowest BCUT2D eigenvalue weighted by Gasteiger charge is -2.13. The molecule has 0 amide bonds. The normalized spacial score (nSPS) is 12.4. The van der Waals surface area contributed by atoms with Gasteiger partial charge in [0.15, 0.2) is 0 Å². The molecular weight excluding hydrogens is 234 g/mol. The highest BCUT2D eigenvalue weighted by Gasteiger charge is 2.17. The molecule has 1 atom stereocenters. The lowest BCUT2D eigenvalue weighted by molar-refractivity contribution is 0.215. The molecule has 0 aliphatic carbocycles. The minimum atomic E-state index is -0.663. The van der Waals surface area contributed by atoms with Gasteiger partial charge in [-0.15, -0.1) is 0 Å². The predicted molar refractivity (Wildman–Crippen MR) is 68.5 cm³/mol. The zero-order chi connectivity index (χ0) is 12.3. The first kappa shape index (κ1) is 12.1. The molecule has 1 aromatic heterocycles. The number of aliphatic hydroxyl groups excluding tert-OH is 1. The Labute approximate surface area is 105 Å². The van der Waals surface area contributed by atoms with Gasteiger partial charge in [-0.05, 0) is 37.5 Å². The summed E-state index contributed by atoms with van der Waals surface area (Å²) in [5.41, 5.74) is 1.72. The van der Waals surface area contributed by atoms with Gasteiger partial charge in [0.25, 0.3) is 0 Å². The first-order valence-electron chi connectivity index (χ1n) is 5.55. The second-order valence-corrected chi connectivity index (χ2v) is 4.58. The van der Waals surface area contributed by atoms with Crippen LogP contribution in [0.15, 0.2) is 30.3 Å². The average Bonchev–Trinajstić information content (AvgIpc) is 2.76. The Morgan fingerprint density at radius 1 is 1.41 bits per heavy atom. The monoisotopic (exact) mass is 249 g/mol. The summed E-state index contributed by atoms with van der Waals surface area (Å²) in [5, 5.41) is 10.3. The van der Waals surface area contributed by atoms with Gasteiger partial charge in [-0.1, -0.05) is 18.2 Å². The Balaban J connectivity index is 2.33. The second kappa shape index (κ2) is 5.29. The average molecular weight is 249 g/mol. The molecule has 17 heavy (non-hydrogen) atoms. The molecule has 3 nitrogen and oxygen atoms in total. The maximum atomic E-state index is 10.3. The highest BCUT2D eigenvalue weighted by Crippen LogP contribution is 2.31. The van der Waals surface area contributed by atoms with Crippen molar-refractivity contribution in [2.24, 2.45) is 0 Å². The first-order valence-corrected chi connectivity index (χ1v) is 6.32. The molecule has 0 aliphatic rings. The summed E-state index contributed by atoms with van der Waals surface area (Å²) in [6.07, 6.45) is -0.663. The molecule has 90 valence electrons. The van der Waals surface area contributed by atoms with Crippen molar-refractivity contribution in [3.63, 3.8) is 0 Å². The number of hydrogen-bond acceptors (Lipinski definition) is 4. The third-order valence-corrected chi connectivity index (χ3v) is 3.36. The minimum Gasteiger partial charge on any atom is -0.493 e. The van der Waals surface area contributed by atoms with Gasteiger partial charge in [-0.25, -0.2) is 0 Å². The van der Waals surface area contributed by atoms with Gasteiger partial charge < -0.3 is 9.84 Å². The van der Waals surface area contributed by atoms with Gasteiger partial charge in [0.2, 0.25) is 0 Å². The molecule has 2 aromatic rings. The molecule has 0 unspecified atom stereocenters. The summed E-state index contributed by atoms with van der Waals surface area (Å²) in [5.74, 6) is 0.730. The minimum absolute atomic E-state index is 0.589. The zero-order valence-electron chi connectivity index (χ0n) is 9.88. The van der Waals surface area contributed by atoms with Crippen LogP contribution >= 0.6 is 11.5 Å². The van der Waals surface area contributed by atoms with Crippen molar-refractivity contribution in [1.82, 2.24) is 4.37 Å². The van der Waals surface area contributed by atoms with Crippen molar-refractivity contribution in [3.8, 4) is 5.75 Å². The van der Waals surface area contributed by atoms with Gasteiger partial charge in [-0.3, -0.25) is 0 Å². The number of nitrogens with zero attached hydrogens (tertiary/aromatic N) is 1. The van der Waals surface area contributed by atoms with Crippen LogP contribution in [0, 0.1) is 6.92 Å². The number of hydrogen-bond donors (Lipinski definition) is 1. The molecule has 0 bridgehead atoms. The molecule has 4 heteroatoms. The van der Waals surface area contributed by atoms with Crippen LogP contribution in [-0.4, -0.2) is 16.1 Å². The number of aromatic nitrogens is 1. The van der Waals surface area contributed by atoms with E-state index in [0.29, 0.717) is 6.61 Å². The van der Waals surface area contributed by atoms with Crippen LogP contribution in [0.25, 0.3) is 0 Å². The molecule has 0 fully saturated rings. The Morgan fingerprint density at radius 3 is 2.82 bits per heavy atom. The Kier molecular flexibility index (Phi) is 3.76. The quantitative estimate of drug-likeness (QED) is 0.906. The summed E-state index contributed by atoms with van der Waals surface area (Å²) < 4.78 is 9.69. The molecule has 0 spiro atoms. The SMILES string of the molecule is CCOc1ccccc1[C@@H](O)c1cc(C)ns1. The van der Waals surface area contributed by atoms with E-state index in [2.05, 4.69) is 4.37 Å². The van der Waals surface area contributed by atoms with Crippen LogP contribution < -0.4 is 4.74 Å². The lowest BCUT2D eigenvalue weighted by atomic mass is 10.1. The predicted octanol–water partition coefficient (Wildman–Crippen LogP) is 2.93. The molecule has 0 radical (unpaired) electrons. The van der Waals surface area contributed by atoms with E-state index in [1.807, 2.05) is 44.2 Å². The van der Waals surface area contributed by atoms with Crippen LogP contribution in [-0.2, 0) is 0 Å². The van der Waals surface area contributed by atoms with Crippen molar-refractivity contribution < 1.29 is 9.84 Å². The smallest absolute Gasteiger partial charge is 0.125 e. The second-order valence-electron chi connectivity index (χ2n) is 3.74.